The summed E-state index contributed by atoms with van der Waals surface area (Å²) in [6.07, 6.45) is -1.16. The highest BCUT2D eigenvalue weighted by atomic mass is 19.1. The average Bonchev–Trinajstić information content (AvgIpc) is 2.97. The van der Waals surface area contributed by atoms with Crippen LogP contribution in [0, 0.1) is 12.7 Å². The van der Waals surface area contributed by atoms with Crippen molar-refractivity contribution < 1.29 is 32.1 Å². The van der Waals surface area contributed by atoms with Crippen molar-refractivity contribution in [3.05, 3.63) is 88.7 Å². The van der Waals surface area contributed by atoms with Gasteiger partial charge in [-0.05, 0) is 36.8 Å². The van der Waals surface area contributed by atoms with E-state index in [1.807, 2.05) is 31.2 Å². The van der Waals surface area contributed by atoms with Crippen molar-refractivity contribution in [1.82, 2.24) is 4.90 Å². The Morgan fingerprint density at radius 1 is 0.923 bits per heavy atom. The Morgan fingerprint density at radius 2 is 1.59 bits per heavy atom. The second-order valence-corrected chi connectivity index (χ2v) is 9.49. The quantitative estimate of drug-likeness (QED) is 0.308. The number of hydrogen-bond acceptors (Lipinski definition) is 6. The molecule has 4 rings (SSSR count). The van der Waals surface area contributed by atoms with Gasteiger partial charge in [0.1, 0.15) is 48.1 Å². The van der Waals surface area contributed by atoms with E-state index in [1.165, 1.54) is 18.2 Å². The number of methoxy groups -OCH3 is 3. The third kappa shape index (κ3) is 6.08. The lowest BCUT2D eigenvalue weighted by Gasteiger charge is -2.39. The smallest absolute Gasteiger partial charge is 0.289 e. The van der Waals surface area contributed by atoms with Crippen LogP contribution < -0.4 is 14.2 Å². The summed E-state index contributed by atoms with van der Waals surface area (Å²) in [6.45, 7) is 0.488. The first-order chi connectivity index (χ1) is 18.9. The monoisotopic (exact) mass is 542 g/mol. The fourth-order valence-electron chi connectivity index (χ4n) is 4.79. The molecule has 0 aliphatic carbocycles. The SMILES string of the molecule is COc1ccc(CN(Cc2ccc(C)cc2OC)C2=N[C@](CF)(c3ccccc3F)C[C@@H](CF)O2)c(OC)c1. The fourth-order valence-corrected chi connectivity index (χ4v) is 4.79. The summed E-state index contributed by atoms with van der Waals surface area (Å²) in [6, 6.07) is 17.0. The van der Waals surface area contributed by atoms with Crippen LogP contribution in [0.2, 0.25) is 0 Å². The third-order valence-corrected chi connectivity index (χ3v) is 6.85. The predicted octanol–water partition coefficient (Wildman–Crippen LogP) is 6.14. The fraction of sp³-hybridized carbons (Fsp3) is 0.367. The zero-order chi connectivity index (χ0) is 28.0. The van der Waals surface area contributed by atoms with Gasteiger partial charge in [0.25, 0.3) is 6.02 Å². The van der Waals surface area contributed by atoms with E-state index in [-0.39, 0.29) is 31.1 Å². The van der Waals surface area contributed by atoms with Gasteiger partial charge >= 0.3 is 0 Å². The topological polar surface area (TPSA) is 52.5 Å². The van der Waals surface area contributed by atoms with Gasteiger partial charge in [0.2, 0.25) is 0 Å². The van der Waals surface area contributed by atoms with Gasteiger partial charge in [0.15, 0.2) is 0 Å². The number of alkyl halides is 2. The molecule has 1 aliphatic rings. The zero-order valence-corrected chi connectivity index (χ0v) is 22.5. The number of aryl methyl sites for hydroxylation is 1. The molecule has 1 heterocycles. The minimum atomic E-state index is -1.64. The lowest BCUT2D eigenvalue weighted by Crippen LogP contribution is -2.46. The van der Waals surface area contributed by atoms with E-state index in [2.05, 4.69) is 4.99 Å². The van der Waals surface area contributed by atoms with Crippen molar-refractivity contribution >= 4 is 6.02 Å². The molecule has 1 aliphatic heterocycles. The van der Waals surface area contributed by atoms with E-state index >= 15 is 0 Å². The molecule has 0 bridgehead atoms. The van der Waals surface area contributed by atoms with Crippen molar-refractivity contribution in [3.8, 4) is 17.2 Å². The Kier molecular flexibility index (Phi) is 8.89. The summed E-state index contributed by atoms with van der Waals surface area (Å²) < 4.78 is 66.5. The maximum atomic E-state index is 14.9. The minimum Gasteiger partial charge on any atom is -0.497 e. The molecule has 3 aromatic carbocycles. The Bertz CT molecular complexity index is 1320. The first-order valence-corrected chi connectivity index (χ1v) is 12.6. The molecule has 0 unspecified atom stereocenters. The second kappa shape index (κ2) is 12.3. The van der Waals surface area contributed by atoms with E-state index in [0.29, 0.717) is 17.2 Å². The molecule has 0 saturated heterocycles. The summed E-state index contributed by atoms with van der Waals surface area (Å²) in [5.74, 6) is 1.20. The van der Waals surface area contributed by atoms with Crippen LogP contribution in [-0.2, 0) is 23.4 Å². The van der Waals surface area contributed by atoms with Crippen LogP contribution in [0.3, 0.4) is 0 Å². The average molecular weight is 543 g/mol. The number of nitrogens with zero attached hydrogens (tertiary/aromatic N) is 2. The van der Waals surface area contributed by atoms with Gasteiger partial charge in [-0.15, -0.1) is 0 Å². The maximum Gasteiger partial charge on any atom is 0.289 e. The van der Waals surface area contributed by atoms with Gasteiger partial charge in [-0.2, -0.15) is 0 Å². The van der Waals surface area contributed by atoms with Crippen molar-refractivity contribution in [3.63, 3.8) is 0 Å². The minimum absolute atomic E-state index is 0.00491. The number of amidine groups is 1. The van der Waals surface area contributed by atoms with E-state index < -0.39 is 30.8 Å². The van der Waals surface area contributed by atoms with Gasteiger partial charge in [0, 0.05) is 29.2 Å². The Morgan fingerprint density at radius 3 is 2.21 bits per heavy atom. The molecule has 6 nitrogen and oxygen atoms in total. The molecule has 208 valence electrons. The Labute approximate surface area is 227 Å². The van der Waals surface area contributed by atoms with Crippen LogP contribution in [0.4, 0.5) is 13.2 Å². The van der Waals surface area contributed by atoms with Gasteiger partial charge in [-0.3, -0.25) is 0 Å². The van der Waals surface area contributed by atoms with Gasteiger partial charge in [0.05, 0.1) is 34.4 Å². The van der Waals surface area contributed by atoms with Crippen LogP contribution in [-0.4, -0.2) is 51.7 Å². The van der Waals surface area contributed by atoms with E-state index in [4.69, 9.17) is 18.9 Å². The van der Waals surface area contributed by atoms with E-state index in [1.54, 1.807) is 44.4 Å². The molecule has 0 fully saturated rings. The largest absolute Gasteiger partial charge is 0.497 e. The second-order valence-electron chi connectivity index (χ2n) is 9.49. The molecular weight excluding hydrogens is 509 g/mol. The van der Waals surface area contributed by atoms with Crippen LogP contribution >= 0.6 is 0 Å². The molecule has 0 spiro atoms. The maximum absolute atomic E-state index is 14.9. The molecule has 0 aromatic heterocycles. The Hall–Kier alpha value is -3.88. The highest BCUT2D eigenvalue weighted by molar-refractivity contribution is 5.76. The van der Waals surface area contributed by atoms with Gasteiger partial charge < -0.3 is 23.8 Å². The van der Waals surface area contributed by atoms with E-state index in [9.17, 15) is 13.2 Å². The number of rotatable bonds is 10. The van der Waals surface area contributed by atoms with Gasteiger partial charge in [-0.25, -0.2) is 18.2 Å². The third-order valence-electron chi connectivity index (χ3n) is 6.85. The number of hydrogen-bond donors (Lipinski definition) is 0. The molecule has 0 saturated carbocycles. The number of ether oxygens (including phenoxy) is 4. The molecular formula is C30H33F3N2O4. The Balaban J connectivity index is 1.84. The number of aliphatic imine (C=N–C) groups is 1. The standard InChI is InChI=1S/C30H33F3N2O4/c1-20-9-10-21(27(13-20)37-3)17-35(18-22-11-12-23(36-2)14-28(22)38-4)29-34-30(19-32,15-24(16-31)39-29)25-7-5-6-8-26(25)33/h5-14,24H,15-19H2,1-4H3/t24-,30+/m0/s1. The summed E-state index contributed by atoms with van der Waals surface area (Å²) in [5, 5.41) is 0. The van der Waals surface area contributed by atoms with Crippen LogP contribution in [0.1, 0.15) is 28.7 Å². The van der Waals surface area contributed by atoms with Crippen molar-refractivity contribution in [2.75, 3.05) is 34.7 Å². The summed E-state index contributed by atoms with van der Waals surface area (Å²) in [7, 11) is 4.69. The van der Waals surface area contributed by atoms with Crippen molar-refractivity contribution in [2.24, 2.45) is 4.99 Å². The van der Waals surface area contributed by atoms with E-state index in [0.717, 1.165) is 16.7 Å². The molecule has 39 heavy (non-hydrogen) atoms. The highest BCUT2D eigenvalue weighted by Crippen LogP contribution is 2.39. The summed E-state index contributed by atoms with van der Waals surface area (Å²) in [4.78, 5) is 6.40. The lowest BCUT2D eigenvalue weighted by molar-refractivity contribution is 0.0544. The summed E-state index contributed by atoms with van der Waals surface area (Å²) >= 11 is 0. The molecule has 0 amide bonds. The molecule has 9 heteroatoms. The normalized spacial score (nSPS) is 18.6. The highest BCUT2D eigenvalue weighted by Gasteiger charge is 2.43. The lowest BCUT2D eigenvalue weighted by atomic mass is 9.85. The summed E-state index contributed by atoms with van der Waals surface area (Å²) in [5.41, 5.74) is 0.992. The molecule has 2 atom stereocenters. The van der Waals surface area contributed by atoms with Gasteiger partial charge in [-0.1, -0.05) is 30.3 Å². The van der Waals surface area contributed by atoms with Crippen LogP contribution in [0.5, 0.6) is 17.2 Å². The van der Waals surface area contributed by atoms with Crippen LogP contribution in [0.25, 0.3) is 0 Å². The number of halogens is 3. The van der Waals surface area contributed by atoms with Crippen LogP contribution in [0.15, 0.2) is 65.7 Å². The predicted molar refractivity (Wildman–Crippen MR) is 143 cm³/mol. The van der Waals surface area contributed by atoms with Crippen molar-refractivity contribution in [1.29, 1.82) is 0 Å². The zero-order valence-electron chi connectivity index (χ0n) is 22.5. The molecule has 3 aromatic rings. The molecule has 0 radical (unpaired) electrons. The number of benzene rings is 3. The first kappa shape index (κ1) is 28.1. The van der Waals surface area contributed by atoms with Crippen molar-refractivity contribution in [2.45, 2.75) is 38.1 Å². The first-order valence-electron chi connectivity index (χ1n) is 12.6. The molecule has 0 N–H and O–H groups in total.